The number of rotatable bonds is 6. The molecule has 3 rings (SSSR count). The summed E-state index contributed by atoms with van der Waals surface area (Å²) in [6.45, 7) is 2.36. The van der Waals surface area contributed by atoms with Crippen LogP contribution in [0.1, 0.15) is 45.8 Å². The van der Waals surface area contributed by atoms with Crippen molar-refractivity contribution in [2.45, 2.75) is 32.3 Å². The van der Waals surface area contributed by atoms with Gasteiger partial charge >= 0.3 is 0 Å². The Kier molecular flexibility index (Phi) is 5.84. The summed E-state index contributed by atoms with van der Waals surface area (Å²) in [6, 6.07) is 5.24. The van der Waals surface area contributed by atoms with Crippen LogP contribution in [0, 0.1) is 5.92 Å². The van der Waals surface area contributed by atoms with Crippen LogP contribution in [-0.4, -0.2) is 31.8 Å². The number of benzene rings is 1. The van der Waals surface area contributed by atoms with E-state index in [-0.39, 0.29) is 12.5 Å². The lowest BCUT2D eigenvalue weighted by molar-refractivity contribution is 0.0913. The smallest absolute Gasteiger partial charge is 0.252 e. The van der Waals surface area contributed by atoms with Gasteiger partial charge in [0.2, 0.25) is 0 Å². The molecule has 2 unspecified atom stereocenters. The number of aliphatic hydroxyl groups is 1. The monoisotopic (exact) mass is 375 g/mol. The van der Waals surface area contributed by atoms with Crippen LogP contribution in [0.5, 0.6) is 11.5 Å². The van der Waals surface area contributed by atoms with Gasteiger partial charge in [-0.1, -0.05) is 6.92 Å². The second-order valence-electron chi connectivity index (χ2n) is 6.73. The lowest BCUT2D eigenvalue weighted by Gasteiger charge is -2.19. The number of carbonyl (C=O) groups is 1. The molecule has 26 heavy (non-hydrogen) atoms. The van der Waals surface area contributed by atoms with Gasteiger partial charge in [-0.05, 0) is 48.9 Å². The molecule has 1 aliphatic carbocycles. The molecule has 0 saturated carbocycles. The van der Waals surface area contributed by atoms with Crippen molar-refractivity contribution in [3.8, 4) is 11.5 Å². The van der Waals surface area contributed by atoms with E-state index < -0.39 is 6.10 Å². The Morgan fingerprint density at radius 1 is 1.38 bits per heavy atom. The van der Waals surface area contributed by atoms with Gasteiger partial charge in [-0.2, -0.15) is 0 Å². The Balaban J connectivity index is 1.68. The van der Waals surface area contributed by atoms with Gasteiger partial charge in [-0.3, -0.25) is 4.79 Å². The Morgan fingerprint density at radius 2 is 2.19 bits per heavy atom. The van der Waals surface area contributed by atoms with E-state index in [1.54, 1.807) is 43.8 Å². The molecule has 1 heterocycles. The fraction of sp³-hybridized carbons (Fsp3) is 0.450. The molecule has 0 saturated heterocycles. The minimum absolute atomic E-state index is 0.114. The highest BCUT2D eigenvalue weighted by atomic mass is 32.1. The molecule has 2 atom stereocenters. The van der Waals surface area contributed by atoms with Gasteiger partial charge in [0, 0.05) is 22.4 Å². The average Bonchev–Trinajstić information content (AvgIpc) is 3.08. The molecule has 2 aromatic rings. The number of fused-ring (bicyclic) bond motifs is 1. The number of hydrogen-bond acceptors (Lipinski definition) is 5. The second-order valence-corrected chi connectivity index (χ2v) is 7.70. The van der Waals surface area contributed by atoms with Crippen molar-refractivity contribution in [2.75, 3.05) is 20.8 Å². The predicted molar refractivity (Wildman–Crippen MR) is 102 cm³/mol. The molecule has 0 aliphatic heterocycles. The predicted octanol–water partition coefficient (Wildman–Crippen LogP) is 3.35. The number of amides is 1. The molecule has 2 N–H and O–H groups in total. The van der Waals surface area contributed by atoms with Crippen LogP contribution < -0.4 is 14.8 Å². The van der Waals surface area contributed by atoms with E-state index >= 15 is 0 Å². The minimum atomic E-state index is -0.876. The average molecular weight is 375 g/mol. The number of thiophene rings is 1. The highest BCUT2D eigenvalue weighted by Gasteiger charge is 2.24. The molecule has 0 radical (unpaired) electrons. The van der Waals surface area contributed by atoms with Crippen molar-refractivity contribution in [3.05, 3.63) is 45.1 Å². The van der Waals surface area contributed by atoms with Gasteiger partial charge in [-0.25, -0.2) is 0 Å². The lowest BCUT2D eigenvalue weighted by atomic mass is 9.88. The maximum Gasteiger partial charge on any atom is 0.252 e. The minimum Gasteiger partial charge on any atom is -0.497 e. The van der Waals surface area contributed by atoms with Gasteiger partial charge in [0.1, 0.15) is 17.6 Å². The number of nitrogens with one attached hydrogen (secondary N) is 1. The van der Waals surface area contributed by atoms with E-state index in [0.717, 1.165) is 24.8 Å². The molecule has 0 bridgehead atoms. The van der Waals surface area contributed by atoms with Crippen LogP contribution in [0.25, 0.3) is 0 Å². The quantitative estimate of drug-likeness (QED) is 0.812. The van der Waals surface area contributed by atoms with Gasteiger partial charge in [0.15, 0.2) is 0 Å². The van der Waals surface area contributed by atoms with E-state index in [2.05, 4.69) is 12.2 Å². The largest absolute Gasteiger partial charge is 0.497 e. The zero-order chi connectivity index (χ0) is 18.7. The summed E-state index contributed by atoms with van der Waals surface area (Å²) in [7, 11) is 3.12. The summed E-state index contributed by atoms with van der Waals surface area (Å²) in [5, 5.41) is 15.3. The topological polar surface area (TPSA) is 67.8 Å². The van der Waals surface area contributed by atoms with Crippen LogP contribution in [0.3, 0.4) is 0 Å². The van der Waals surface area contributed by atoms with Crippen molar-refractivity contribution < 1.29 is 19.4 Å². The molecule has 1 aromatic heterocycles. The van der Waals surface area contributed by atoms with E-state index in [4.69, 9.17) is 9.47 Å². The SMILES string of the molecule is COc1ccc(OC)c(C(O)CNC(=O)c2csc3c2CCC(C)C3)c1. The van der Waals surface area contributed by atoms with Crippen molar-refractivity contribution in [3.63, 3.8) is 0 Å². The second kappa shape index (κ2) is 8.10. The highest BCUT2D eigenvalue weighted by Crippen LogP contribution is 2.33. The highest BCUT2D eigenvalue weighted by molar-refractivity contribution is 7.10. The number of aliphatic hydroxyl groups excluding tert-OH is 1. The zero-order valence-electron chi connectivity index (χ0n) is 15.4. The Labute approximate surface area is 158 Å². The molecular weight excluding hydrogens is 350 g/mol. The van der Waals surface area contributed by atoms with Crippen LogP contribution in [0.2, 0.25) is 0 Å². The zero-order valence-corrected chi connectivity index (χ0v) is 16.2. The van der Waals surface area contributed by atoms with Crippen molar-refractivity contribution in [2.24, 2.45) is 5.92 Å². The third kappa shape index (κ3) is 3.86. The summed E-state index contributed by atoms with van der Waals surface area (Å²) < 4.78 is 10.5. The van der Waals surface area contributed by atoms with E-state index in [9.17, 15) is 9.90 Å². The van der Waals surface area contributed by atoms with Crippen LogP contribution in [-0.2, 0) is 12.8 Å². The first-order valence-electron chi connectivity index (χ1n) is 8.81. The van der Waals surface area contributed by atoms with Crippen LogP contribution >= 0.6 is 11.3 Å². The van der Waals surface area contributed by atoms with Crippen molar-refractivity contribution >= 4 is 17.2 Å². The summed E-state index contributed by atoms with van der Waals surface area (Å²) in [5.74, 6) is 1.75. The van der Waals surface area contributed by atoms with Gasteiger partial charge < -0.3 is 19.9 Å². The van der Waals surface area contributed by atoms with Gasteiger partial charge in [0.05, 0.1) is 19.8 Å². The molecular formula is C20H25NO4S. The molecule has 6 heteroatoms. The van der Waals surface area contributed by atoms with Gasteiger partial charge in [0.25, 0.3) is 5.91 Å². The van der Waals surface area contributed by atoms with E-state index in [1.807, 2.05) is 5.38 Å². The molecule has 0 spiro atoms. The number of ether oxygens (including phenoxy) is 2. The fourth-order valence-corrected chi connectivity index (χ4v) is 4.61. The normalized spacial score (nSPS) is 17.3. The Bertz CT molecular complexity index is 786. The molecule has 140 valence electrons. The van der Waals surface area contributed by atoms with Crippen LogP contribution in [0.15, 0.2) is 23.6 Å². The standard InChI is InChI=1S/C20H25NO4S/c1-12-4-6-14-16(11-26-19(14)8-12)20(23)21-10-17(22)15-9-13(24-2)5-7-18(15)25-3/h5,7,9,11-12,17,22H,4,6,8,10H2,1-3H3,(H,21,23). The Morgan fingerprint density at radius 3 is 2.92 bits per heavy atom. The Hall–Kier alpha value is -2.05. The number of hydrogen-bond donors (Lipinski definition) is 2. The number of methoxy groups -OCH3 is 2. The van der Waals surface area contributed by atoms with E-state index in [0.29, 0.717) is 23.0 Å². The molecule has 5 nitrogen and oxygen atoms in total. The summed E-state index contributed by atoms with van der Waals surface area (Å²) >= 11 is 1.67. The third-order valence-corrected chi connectivity index (χ3v) is 5.95. The molecule has 0 fully saturated rings. The van der Waals surface area contributed by atoms with Crippen LogP contribution in [0.4, 0.5) is 0 Å². The summed E-state index contributed by atoms with van der Waals surface area (Å²) in [5.41, 5.74) is 2.52. The summed E-state index contributed by atoms with van der Waals surface area (Å²) in [6.07, 6.45) is 2.25. The van der Waals surface area contributed by atoms with Crippen molar-refractivity contribution in [1.82, 2.24) is 5.32 Å². The maximum atomic E-state index is 12.6. The third-order valence-electron chi connectivity index (χ3n) is 4.90. The van der Waals surface area contributed by atoms with Crippen molar-refractivity contribution in [1.29, 1.82) is 0 Å². The molecule has 1 amide bonds. The first kappa shape index (κ1) is 18.7. The fourth-order valence-electron chi connectivity index (χ4n) is 3.36. The maximum absolute atomic E-state index is 12.6. The van der Waals surface area contributed by atoms with Gasteiger partial charge in [-0.15, -0.1) is 11.3 Å². The van der Waals surface area contributed by atoms with E-state index in [1.165, 1.54) is 10.4 Å². The lowest BCUT2D eigenvalue weighted by Crippen LogP contribution is -2.29. The molecule has 1 aromatic carbocycles. The first-order chi connectivity index (χ1) is 12.5. The summed E-state index contributed by atoms with van der Waals surface area (Å²) in [4.78, 5) is 13.9. The first-order valence-corrected chi connectivity index (χ1v) is 9.68. The molecule has 1 aliphatic rings. The number of carbonyl (C=O) groups excluding carboxylic acids is 1.